The molecule has 0 aliphatic carbocycles. The number of hydrogen-bond acceptors (Lipinski definition) is 3. The van der Waals surface area contributed by atoms with Crippen molar-refractivity contribution in [1.29, 1.82) is 0 Å². The fourth-order valence-electron chi connectivity index (χ4n) is 2.25. The van der Waals surface area contributed by atoms with Gasteiger partial charge in [0, 0.05) is 17.8 Å². The SMILES string of the molecule is CCNC(=O)c1ccc(NC(=O)CNC(=O)Cc2cccc(F)c2)cc1. The molecule has 3 amide bonds. The number of anilines is 1. The van der Waals surface area contributed by atoms with Crippen LogP contribution in [-0.4, -0.2) is 30.8 Å². The molecule has 6 nitrogen and oxygen atoms in total. The summed E-state index contributed by atoms with van der Waals surface area (Å²) in [7, 11) is 0. The van der Waals surface area contributed by atoms with Crippen LogP contribution in [-0.2, 0) is 16.0 Å². The van der Waals surface area contributed by atoms with E-state index >= 15 is 0 Å². The Labute approximate surface area is 150 Å². The van der Waals surface area contributed by atoms with Crippen molar-refractivity contribution in [3.63, 3.8) is 0 Å². The molecule has 0 unspecified atom stereocenters. The van der Waals surface area contributed by atoms with Crippen molar-refractivity contribution < 1.29 is 18.8 Å². The fourth-order valence-corrected chi connectivity index (χ4v) is 2.25. The molecule has 0 aliphatic rings. The largest absolute Gasteiger partial charge is 0.352 e. The molecule has 0 fully saturated rings. The van der Waals surface area contributed by atoms with Crippen LogP contribution in [0.3, 0.4) is 0 Å². The third kappa shape index (κ3) is 6.01. The van der Waals surface area contributed by atoms with Gasteiger partial charge in [-0.25, -0.2) is 4.39 Å². The molecule has 2 aromatic carbocycles. The first-order valence-electron chi connectivity index (χ1n) is 8.17. The van der Waals surface area contributed by atoms with Crippen LogP contribution in [0.4, 0.5) is 10.1 Å². The van der Waals surface area contributed by atoms with Crippen molar-refractivity contribution in [2.24, 2.45) is 0 Å². The first kappa shape index (κ1) is 19.1. The molecular formula is C19H20FN3O3. The Bertz CT molecular complexity index is 791. The summed E-state index contributed by atoms with van der Waals surface area (Å²) in [6.45, 7) is 2.16. The molecule has 7 heteroatoms. The minimum absolute atomic E-state index is 0.00766. The Balaban J connectivity index is 1.79. The van der Waals surface area contributed by atoms with Gasteiger partial charge in [0.05, 0.1) is 13.0 Å². The molecule has 0 heterocycles. The minimum atomic E-state index is -0.413. The van der Waals surface area contributed by atoms with Crippen molar-refractivity contribution in [2.75, 3.05) is 18.4 Å². The average Bonchev–Trinajstić information content (AvgIpc) is 2.61. The molecule has 0 spiro atoms. The van der Waals surface area contributed by atoms with Crippen molar-refractivity contribution in [3.05, 3.63) is 65.5 Å². The Hall–Kier alpha value is -3.22. The van der Waals surface area contributed by atoms with Gasteiger partial charge in [0.2, 0.25) is 11.8 Å². The van der Waals surface area contributed by atoms with Gasteiger partial charge in [0.1, 0.15) is 5.82 Å². The average molecular weight is 357 g/mol. The van der Waals surface area contributed by atoms with E-state index in [1.54, 1.807) is 30.3 Å². The summed E-state index contributed by atoms with van der Waals surface area (Å²) in [5, 5.41) is 7.78. The summed E-state index contributed by atoms with van der Waals surface area (Å²) in [6.07, 6.45) is -0.00766. The Morgan fingerprint density at radius 3 is 2.35 bits per heavy atom. The second kappa shape index (κ2) is 9.31. The van der Waals surface area contributed by atoms with Crippen LogP contribution >= 0.6 is 0 Å². The predicted molar refractivity (Wildman–Crippen MR) is 96.2 cm³/mol. The summed E-state index contributed by atoms with van der Waals surface area (Å²) < 4.78 is 13.1. The highest BCUT2D eigenvalue weighted by Gasteiger charge is 2.08. The normalized spacial score (nSPS) is 10.1. The maximum atomic E-state index is 13.1. The van der Waals surface area contributed by atoms with Gasteiger partial charge < -0.3 is 16.0 Å². The molecule has 0 radical (unpaired) electrons. The lowest BCUT2D eigenvalue weighted by molar-refractivity contribution is -0.123. The van der Waals surface area contributed by atoms with E-state index in [-0.39, 0.29) is 24.8 Å². The van der Waals surface area contributed by atoms with Crippen LogP contribution in [0.15, 0.2) is 48.5 Å². The number of nitrogens with one attached hydrogen (secondary N) is 3. The van der Waals surface area contributed by atoms with Gasteiger partial charge in [-0.05, 0) is 48.9 Å². The quantitative estimate of drug-likeness (QED) is 0.707. The number of halogens is 1. The number of benzene rings is 2. The van der Waals surface area contributed by atoms with Crippen LogP contribution in [0.2, 0.25) is 0 Å². The lowest BCUT2D eigenvalue weighted by Gasteiger charge is -2.08. The number of hydrogen-bond donors (Lipinski definition) is 3. The minimum Gasteiger partial charge on any atom is -0.352 e. The van der Waals surface area contributed by atoms with E-state index in [4.69, 9.17) is 0 Å². The zero-order valence-corrected chi connectivity index (χ0v) is 14.3. The van der Waals surface area contributed by atoms with Gasteiger partial charge >= 0.3 is 0 Å². The van der Waals surface area contributed by atoms with E-state index in [1.165, 1.54) is 18.2 Å². The standard InChI is InChI=1S/C19H20FN3O3/c1-2-21-19(26)14-6-8-16(9-7-14)23-18(25)12-22-17(24)11-13-4-3-5-15(20)10-13/h3-10H,2,11-12H2,1H3,(H,21,26)(H,22,24)(H,23,25). The summed E-state index contributed by atoms with van der Waals surface area (Å²) in [6, 6.07) is 12.1. The van der Waals surface area contributed by atoms with E-state index in [1.807, 2.05) is 6.92 Å². The van der Waals surface area contributed by atoms with E-state index in [2.05, 4.69) is 16.0 Å². The second-order valence-corrected chi connectivity index (χ2v) is 5.57. The highest BCUT2D eigenvalue weighted by molar-refractivity contribution is 5.97. The Morgan fingerprint density at radius 2 is 1.69 bits per heavy atom. The lowest BCUT2D eigenvalue weighted by Crippen LogP contribution is -2.33. The third-order valence-electron chi connectivity index (χ3n) is 3.47. The van der Waals surface area contributed by atoms with Crippen LogP contribution in [0.25, 0.3) is 0 Å². The molecule has 0 saturated carbocycles. The number of carbonyl (C=O) groups is 3. The molecule has 2 rings (SSSR count). The fraction of sp³-hybridized carbons (Fsp3) is 0.211. The molecule has 26 heavy (non-hydrogen) atoms. The topological polar surface area (TPSA) is 87.3 Å². The molecule has 0 aromatic heterocycles. The Morgan fingerprint density at radius 1 is 0.962 bits per heavy atom. The van der Waals surface area contributed by atoms with Crippen molar-refractivity contribution >= 4 is 23.4 Å². The maximum absolute atomic E-state index is 13.1. The zero-order valence-electron chi connectivity index (χ0n) is 14.3. The van der Waals surface area contributed by atoms with Crippen LogP contribution < -0.4 is 16.0 Å². The van der Waals surface area contributed by atoms with Gasteiger partial charge in [0.25, 0.3) is 5.91 Å². The highest BCUT2D eigenvalue weighted by atomic mass is 19.1. The lowest BCUT2D eigenvalue weighted by atomic mass is 10.1. The molecule has 0 bridgehead atoms. The van der Waals surface area contributed by atoms with E-state index in [9.17, 15) is 18.8 Å². The first-order chi connectivity index (χ1) is 12.5. The number of amides is 3. The van der Waals surface area contributed by atoms with Crippen LogP contribution in [0.5, 0.6) is 0 Å². The van der Waals surface area contributed by atoms with E-state index < -0.39 is 11.7 Å². The van der Waals surface area contributed by atoms with Gasteiger partial charge in [-0.15, -0.1) is 0 Å². The second-order valence-electron chi connectivity index (χ2n) is 5.57. The molecule has 3 N–H and O–H groups in total. The van der Waals surface area contributed by atoms with Gasteiger partial charge in [0.15, 0.2) is 0 Å². The number of carbonyl (C=O) groups excluding carboxylic acids is 3. The smallest absolute Gasteiger partial charge is 0.251 e. The number of rotatable bonds is 7. The van der Waals surface area contributed by atoms with Crippen LogP contribution in [0, 0.1) is 5.82 Å². The van der Waals surface area contributed by atoms with Gasteiger partial charge in [-0.2, -0.15) is 0 Å². The van der Waals surface area contributed by atoms with E-state index in [0.717, 1.165) is 0 Å². The van der Waals surface area contributed by atoms with Gasteiger partial charge in [-0.1, -0.05) is 12.1 Å². The van der Waals surface area contributed by atoms with E-state index in [0.29, 0.717) is 23.4 Å². The monoisotopic (exact) mass is 357 g/mol. The summed E-state index contributed by atoms with van der Waals surface area (Å²) in [4.78, 5) is 35.3. The molecule has 0 saturated heterocycles. The first-order valence-corrected chi connectivity index (χ1v) is 8.17. The maximum Gasteiger partial charge on any atom is 0.251 e. The molecule has 136 valence electrons. The Kier molecular flexibility index (Phi) is 6.84. The summed E-state index contributed by atoms with van der Waals surface area (Å²) >= 11 is 0. The third-order valence-corrected chi connectivity index (χ3v) is 3.47. The van der Waals surface area contributed by atoms with Crippen molar-refractivity contribution in [3.8, 4) is 0 Å². The molecular weight excluding hydrogens is 337 g/mol. The highest BCUT2D eigenvalue weighted by Crippen LogP contribution is 2.09. The van der Waals surface area contributed by atoms with Crippen molar-refractivity contribution in [1.82, 2.24) is 10.6 Å². The zero-order chi connectivity index (χ0) is 18.9. The van der Waals surface area contributed by atoms with Gasteiger partial charge in [-0.3, -0.25) is 14.4 Å². The van der Waals surface area contributed by atoms with Crippen LogP contribution in [0.1, 0.15) is 22.8 Å². The predicted octanol–water partition coefficient (Wildman–Crippen LogP) is 1.87. The molecule has 0 atom stereocenters. The van der Waals surface area contributed by atoms with Crippen molar-refractivity contribution in [2.45, 2.75) is 13.3 Å². The summed E-state index contributed by atoms with van der Waals surface area (Å²) in [5.41, 5.74) is 1.54. The molecule has 2 aromatic rings. The molecule has 0 aliphatic heterocycles. The summed E-state index contributed by atoms with van der Waals surface area (Å²) in [5.74, 6) is -1.38.